The summed E-state index contributed by atoms with van der Waals surface area (Å²) in [6, 6.07) is 12.8. The molecule has 1 unspecified atom stereocenters. The normalized spacial score (nSPS) is 10.8. The number of para-hydroxylation sites is 1. The van der Waals surface area contributed by atoms with E-state index in [4.69, 9.17) is 15.2 Å². The molecule has 0 saturated carbocycles. The number of aromatic nitrogens is 1. The van der Waals surface area contributed by atoms with Crippen LogP contribution in [0.3, 0.4) is 0 Å². The van der Waals surface area contributed by atoms with Gasteiger partial charge in [-0.2, -0.15) is 0 Å². The summed E-state index contributed by atoms with van der Waals surface area (Å²) in [5, 5.41) is 2.74. The van der Waals surface area contributed by atoms with E-state index in [-0.39, 0.29) is 43.2 Å². The number of hydrogen-bond donors (Lipinski definition) is 2. The number of rotatable bonds is 7. The van der Waals surface area contributed by atoms with Gasteiger partial charge in [-0.05, 0) is 18.2 Å². The Bertz CT molecular complexity index is 593. The summed E-state index contributed by atoms with van der Waals surface area (Å²) in [6.07, 6.45) is 1.46. The second kappa shape index (κ2) is 11.6. The summed E-state index contributed by atoms with van der Waals surface area (Å²) in [6.45, 7) is 0.298. The number of amides is 1. The van der Waals surface area contributed by atoms with E-state index in [1.165, 1.54) is 7.11 Å². The fraction of sp³-hybridized carbons (Fsp3) is 0.250. The minimum atomic E-state index is -0.284. The summed E-state index contributed by atoms with van der Waals surface area (Å²) in [7, 11) is 1.53. The molecule has 1 aromatic carbocycles. The number of nitrogens with one attached hydrogen (secondary N) is 1. The van der Waals surface area contributed by atoms with Gasteiger partial charge in [-0.3, -0.25) is 4.79 Å². The molecule has 0 saturated heterocycles. The van der Waals surface area contributed by atoms with Gasteiger partial charge < -0.3 is 20.5 Å². The van der Waals surface area contributed by atoms with Crippen molar-refractivity contribution in [3.63, 3.8) is 0 Å². The van der Waals surface area contributed by atoms with E-state index in [1.807, 2.05) is 30.3 Å². The molecule has 2 aromatic rings. The Hall–Kier alpha value is -1.86. The van der Waals surface area contributed by atoms with Crippen molar-refractivity contribution in [3.05, 3.63) is 48.7 Å². The van der Waals surface area contributed by atoms with E-state index in [9.17, 15) is 4.79 Å². The molecule has 0 aliphatic heterocycles. The average Bonchev–Trinajstić information content (AvgIpc) is 2.55. The number of carbonyl (C=O) groups is 1. The monoisotopic (exact) mass is 373 g/mol. The van der Waals surface area contributed by atoms with Crippen molar-refractivity contribution >= 4 is 36.4 Å². The van der Waals surface area contributed by atoms with Crippen LogP contribution in [0.15, 0.2) is 48.7 Å². The smallest absolute Gasteiger partial charge is 0.227 e. The molecule has 1 heterocycles. The number of nitrogens with zero attached hydrogens (tertiary/aromatic N) is 1. The highest BCUT2D eigenvalue weighted by molar-refractivity contribution is 5.90. The first-order valence-corrected chi connectivity index (χ1v) is 6.93. The molecule has 0 spiro atoms. The number of pyridine rings is 1. The average molecular weight is 374 g/mol. The zero-order valence-corrected chi connectivity index (χ0v) is 14.8. The zero-order chi connectivity index (χ0) is 15.8. The van der Waals surface area contributed by atoms with Gasteiger partial charge in [-0.15, -0.1) is 24.8 Å². The maximum atomic E-state index is 11.8. The Labute approximate surface area is 153 Å². The van der Waals surface area contributed by atoms with E-state index >= 15 is 0 Å². The van der Waals surface area contributed by atoms with Gasteiger partial charge in [0.2, 0.25) is 11.8 Å². The van der Waals surface area contributed by atoms with E-state index < -0.39 is 0 Å². The van der Waals surface area contributed by atoms with Crippen LogP contribution in [-0.2, 0) is 9.53 Å². The SMILES string of the molecule is COC(CN)CC(=O)Nc1ccc(Oc2ccccc2)nc1.Cl.Cl. The van der Waals surface area contributed by atoms with Crippen molar-refractivity contribution in [3.8, 4) is 11.6 Å². The third-order valence-electron chi connectivity index (χ3n) is 3.00. The van der Waals surface area contributed by atoms with Crippen LogP contribution in [0.1, 0.15) is 6.42 Å². The highest BCUT2D eigenvalue weighted by Gasteiger charge is 2.11. The van der Waals surface area contributed by atoms with Crippen molar-refractivity contribution < 1.29 is 14.3 Å². The van der Waals surface area contributed by atoms with Gasteiger partial charge in [-0.1, -0.05) is 18.2 Å². The van der Waals surface area contributed by atoms with Gasteiger partial charge in [-0.25, -0.2) is 4.98 Å². The Kier molecular flexibility index (Phi) is 10.7. The molecule has 1 atom stereocenters. The summed E-state index contributed by atoms with van der Waals surface area (Å²) in [5.74, 6) is 0.995. The van der Waals surface area contributed by atoms with Crippen LogP contribution < -0.4 is 15.8 Å². The van der Waals surface area contributed by atoms with Gasteiger partial charge in [0.25, 0.3) is 0 Å². The predicted octanol–water partition coefficient (Wildman–Crippen LogP) is 3.02. The van der Waals surface area contributed by atoms with Crippen LogP contribution in [0.25, 0.3) is 0 Å². The molecule has 2 rings (SSSR count). The molecule has 0 aliphatic carbocycles. The maximum Gasteiger partial charge on any atom is 0.227 e. The highest BCUT2D eigenvalue weighted by Crippen LogP contribution is 2.19. The molecule has 8 heteroatoms. The second-order valence-corrected chi connectivity index (χ2v) is 4.65. The van der Waals surface area contributed by atoms with Crippen molar-refractivity contribution in [2.24, 2.45) is 5.73 Å². The van der Waals surface area contributed by atoms with Crippen LogP contribution in [0.2, 0.25) is 0 Å². The number of methoxy groups -OCH3 is 1. The molecule has 0 bridgehead atoms. The summed E-state index contributed by atoms with van der Waals surface area (Å²) < 4.78 is 10.6. The molecule has 1 aromatic heterocycles. The number of halogens is 2. The Balaban J connectivity index is 0.00000264. The number of nitrogens with two attached hydrogens (primary N) is 1. The van der Waals surface area contributed by atoms with Crippen LogP contribution in [-0.4, -0.2) is 30.6 Å². The van der Waals surface area contributed by atoms with E-state index in [0.29, 0.717) is 23.9 Å². The molecule has 6 nitrogen and oxygen atoms in total. The third-order valence-corrected chi connectivity index (χ3v) is 3.00. The van der Waals surface area contributed by atoms with Crippen LogP contribution in [0.4, 0.5) is 5.69 Å². The van der Waals surface area contributed by atoms with Crippen molar-refractivity contribution in [2.75, 3.05) is 19.0 Å². The molecule has 0 aliphatic rings. The lowest BCUT2D eigenvalue weighted by molar-refractivity contribution is -0.118. The van der Waals surface area contributed by atoms with Crippen molar-refractivity contribution in [2.45, 2.75) is 12.5 Å². The Morgan fingerprint density at radius 2 is 1.92 bits per heavy atom. The highest BCUT2D eigenvalue weighted by atomic mass is 35.5. The summed E-state index contributed by atoms with van der Waals surface area (Å²) >= 11 is 0. The quantitative estimate of drug-likeness (QED) is 0.778. The first-order valence-electron chi connectivity index (χ1n) is 6.93. The lowest BCUT2D eigenvalue weighted by Gasteiger charge is -2.12. The van der Waals surface area contributed by atoms with E-state index in [1.54, 1.807) is 18.3 Å². The maximum absolute atomic E-state index is 11.8. The second-order valence-electron chi connectivity index (χ2n) is 4.65. The van der Waals surface area contributed by atoms with Gasteiger partial charge >= 0.3 is 0 Å². The largest absolute Gasteiger partial charge is 0.439 e. The van der Waals surface area contributed by atoms with E-state index in [2.05, 4.69) is 10.3 Å². The topological polar surface area (TPSA) is 86.5 Å². The minimum Gasteiger partial charge on any atom is -0.439 e. The Morgan fingerprint density at radius 1 is 1.21 bits per heavy atom. The summed E-state index contributed by atoms with van der Waals surface area (Å²) in [5.41, 5.74) is 6.08. The lowest BCUT2D eigenvalue weighted by Crippen LogP contribution is -2.28. The minimum absolute atomic E-state index is 0. The third kappa shape index (κ3) is 7.14. The first-order chi connectivity index (χ1) is 10.7. The van der Waals surface area contributed by atoms with Crippen LogP contribution in [0, 0.1) is 0 Å². The van der Waals surface area contributed by atoms with E-state index in [0.717, 1.165) is 0 Å². The Morgan fingerprint density at radius 3 is 2.46 bits per heavy atom. The van der Waals surface area contributed by atoms with Gasteiger partial charge in [0, 0.05) is 19.7 Å². The molecular formula is C16H21Cl2N3O3. The van der Waals surface area contributed by atoms with Crippen LogP contribution in [0.5, 0.6) is 11.6 Å². The predicted molar refractivity (Wildman–Crippen MR) is 98.3 cm³/mol. The zero-order valence-electron chi connectivity index (χ0n) is 13.2. The molecule has 24 heavy (non-hydrogen) atoms. The van der Waals surface area contributed by atoms with Gasteiger partial charge in [0.1, 0.15) is 5.75 Å². The number of anilines is 1. The molecule has 0 radical (unpaired) electrons. The van der Waals surface area contributed by atoms with Crippen molar-refractivity contribution in [1.29, 1.82) is 0 Å². The number of ether oxygens (including phenoxy) is 2. The van der Waals surface area contributed by atoms with Crippen LogP contribution >= 0.6 is 24.8 Å². The molecule has 0 fully saturated rings. The molecule has 3 N–H and O–H groups in total. The molecular weight excluding hydrogens is 353 g/mol. The number of carbonyl (C=O) groups excluding carboxylic acids is 1. The first kappa shape index (κ1) is 22.1. The molecule has 132 valence electrons. The van der Waals surface area contributed by atoms with Gasteiger partial charge in [0.05, 0.1) is 24.4 Å². The number of benzene rings is 1. The fourth-order valence-corrected chi connectivity index (χ4v) is 1.81. The van der Waals surface area contributed by atoms with Gasteiger partial charge in [0.15, 0.2) is 0 Å². The number of hydrogen-bond acceptors (Lipinski definition) is 5. The standard InChI is InChI=1S/C16H19N3O3.2ClH/c1-21-14(10-17)9-15(20)19-12-7-8-16(18-11-12)22-13-5-3-2-4-6-13;;/h2-8,11,14H,9-10,17H2,1H3,(H,19,20);2*1H. The lowest BCUT2D eigenvalue weighted by atomic mass is 10.2. The van der Waals surface area contributed by atoms with Crippen molar-refractivity contribution in [1.82, 2.24) is 4.98 Å². The fourth-order valence-electron chi connectivity index (χ4n) is 1.81. The molecule has 1 amide bonds. The summed E-state index contributed by atoms with van der Waals surface area (Å²) in [4.78, 5) is 16.0.